The fourth-order valence-corrected chi connectivity index (χ4v) is 4.23. The van der Waals surface area contributed by atoms with Crippen molar-refractivity contribution in [1.82, 2.24) is 15.0 Å². The zero-order valence-corrected chi connectivity index (χ0v) is 22.1. The number of imidazole rings is 1. The highest BCUT2D eigenvalue weighted by atomic mass is 16.5. The topological polar surface area (TPSA) is 94.9 Å². The number of aromatic nitrogens is 3. The average molecular weight is 529 g/mol. The molecule has 0 unspecified atom stereocenters. The molecular formula is C30H32N4O5. The number of H-pyrrole nitrogens is 1. The SMILES string of the molecule is COc1cccc(COCCOCc2coc(N(Cc3cccc(OC)c3)Cc3ccc4[nH]cnc4c3)n2)c1. The maximum absolute atomic E-state index is 5.90. The van der Waals surface area contributed by atoms with E-state index in [0.717, 1.165) is 44.9 Å². The van der Waals surface area contributed by atoms with Crippen molar-refractivity contribution in [3.8, 4) is 11.5 Å². The van der Waals surface area contributed by atoms with Gasteiger partial charge in [0.05, 0.1) is 58.0 Å². The van der Waals surface area contributed by atoms with E-state index in [2.05, 4.69) is 33.1 Å². The van der Waals surface area contributed by atoms with Crippen molar-refractivity contribution in [2.45, 2.75) is 26.3 Å². The lowest BCUT2D eigenvalue weighted by atomic mass is 10.1. The minimum Gasteiger partial charge on any atom is -0.497 e. The van der Waals surface area contributed by atoms with Crippen LogP contribution in [0.15, 0.2) is 83.7 Å². The lowest BCUT2D eigenvalue weighted by molar-refractivity contribution is 0.0328. The molecule has 202 valence electrons. The predicted octanol–water partition coefficient (Wildman–Crippen LogP) is 5.51. The molecule has 0 fully saturated rings. The first-order chi connectivity index (χ1) is 19.2. The fourth-order valence-electron chi connectivity index (χ4n) is 4.23. The Morgan fingerprint density at radius 1 is 0.795 bits per heavy atom. The number of oxazole rings is 1. The molecular weight excluding hydrogens is 496 g/mol. The summed E-state index contributed by atoms with van der Waals surface area (Å²) in [5.74, 6) is 1.62. The lowest BCUT2D eigenvalue weighted by Crippen LogP contribution is -2.22. The Kier molecular flexibility index (Phi) is 8.72. The van der Waals surface area contributed by atoms with Crippen molar-refractivity contribution in [1.29, 1.82) is 0 Å². The van der Waals surface area contributed by atoms with E-state index >= 15 is 0 Å². The van der Waals surface area contributed by atoms with Crippen LogP contribution in [0.2, 0.25) is 0 Å². The molecule has 5 rings (SSSR count). The second-order valence-corrected chi connectivity index (χ2v) is 9.04. The van der Waals surface area contributed by atoms with E-state index in [1.807, 2.05) is 48.5 Å². The van der Waals surface area contributed by atoms with Crippen LogP contribution in [0.25, 0.3) is 11.0 Å². The number of nitrogens with one attached hydrogen (secondary N) is 1. The van der Waals surface area contributed by atoms with Crippen LogP contribution < -0.4 is 14.4 Å². The molecule has 0 atom stereocenters. The van der Waals surface area contributed by atoms with Crippen molar-refractivity contribution >= 4 is 17.0 Å². The zero-order chi connectivity index (χ0) is 26.9. The summed E-state index contributed by atoms with van der Waals surface area (Å²) in [5.41, 5.74) is 5.88. The van der Waals surface area contributed by atoms with Gasteiger partial charge in [0.2, 0.25) is 0 Å². The van der Waals surface area contributed by atoms with Gasteiger partial charge in [0.15, 0.2) is 0 Å². The first kappa shape index (κ1) is 26.3. The Hall–Kier alpha value is -4.34. The quantitative estimate of drug-likeness (QED) is 0.189. The van der Waals surface area contributed by atoms with E-state index in [1.54, 1.807) is 26.8 Å². The number of ether oxygens (including phenoxy) is 4. The molecule has 39 heavy (non-hydrogen) atoms. The maximum atomic E-state index is 5.90. The van der Waals surface area contributed by atoms with Gasteiger partial charge in [-0.25, -0.2) is 4.98 Å². The van der Waals surface area contributed by atoms with Crippen LogP contribution >= 0.6 is 0 Å². The summed E-state index contributed by atoms with van der Waals surface area (Å²) >= 11 is 0. The second-order valence-electron chi connectivity index (χ2n) is 9.04. The smallest absolute Gasteiger partial charge is 0.298 e. The predicted molar refractivity (Wildman–Crippen MR) is 148 cm³/mol. The summed E-state index contributed by atoms with van der Waals surface area (Å²) in [6, 6.07) is 22.5. The van der Waals surface area contributed by atoms with Crippen molar-refractivity contribution in [2.24, 2.45) is 0 Å². The van der Waals surface area contributed by atoms with Crippen molar-refractivity contribution < 1.29 is 23.4 Å². The molecule has 0 aliphatic heterocycles. The van der Waals surface area contributed by atoms with E-state index < -0.39 is 0 Å². The van der Waals surface area contributed by atoms with E-state index in [0.29, 0.717) is 45.5 Å². The molecule has 0 aliphatic carbocycles. The third kappa shape index (κ3) is 7.16. The molecule has 0 radical (unpaired) electrons. The molecule has 2 heterocycles. The van der Waals surface area contributed by atoms with Gasteiger partial charge in [-0.15, -0.1) is 0 Å². The Bertz CT molecular complexity index is 1480. The summed E-state index contributed by atoms with van der Waals surface area (Å²) < 4.78 is 28.1. The highest BCUT2D eigenvalue weighted by Gasteiger charge is 2.16. The first-order valence-electron chi connectivity index (χ1n) is 12.7. The number of nitrogens with zero attached hydrogens (tertiary/aromatic N) is 3. The Balaban J connectivity index is 1.19. The Morgan fingerprint density at radius 2 is 1.49 bits per heavy atom. The van der Waals surface area contributed by atoms with Gasteiger partial charge in [-0.05, 0) is 53.1 Å². The van der Waals surface area contributed by atoms with Crippen LogP contribution in [0.4, 0.5) is 6.01 Å². The molecule has 9 nitrogen and oxygen atoms in total. The van der Waals surface area contributed by atoms with Crippen LogP contribution in [-0.4, -0.2) is 42.4 Å². The number of hydrogen-bond acceptors (Lipinski definition) is 8. The van der Waals surface area contributed by atoms with E-state index in [1.165, 1.54) is 0 Å². The molecule has 0 bridgehead atoms. The number of anilines is 1. The first-order valence-corrected chi connectivity index (χ1v) is 12.7. The monoisotopic (exact) mass is 528 g/mol. The van der Waals surface area contributed by atoms with E-state index in [4.69, 9.17) is 28.3 Å². The normalized spacial score (nSPS) is 11.1. The number of rotatable bonds is 14. The van der Waals surface area contributed by atoms with Crippen LogP contribution in [0.5, 0.6) is 11.5 Å². The van der Waals surface area contributed by atoms with Gasteiger partial charge >= 0.3 is 0 Å². The van der Waals surface area contributed by atoms with Crippen molar-refractivity contribution in [3.63, 3.8) is 0 Å². The van der Waals surface area contributed by atoms with Gasteiger partial charge in [-0.2, -0.15) is 4.98 Å². The number of fused-ring (bicyclic) bond motifs is 1. The molecule has 3 aromatic carbocycles. The highest BCUT2D eigenvalue weighted by molar-refractivity contribution is 5.75. The van der Waals surface area contributed by atoms with E-state index in [9.17, 15) is 0 Å². The number of hydrogen-bond donors (Lipinski definition) is 1. The van der Waals surface area contributed by atoms with Gasteiger partial charge in [-0.1, -0.05) is 30.3 Å². The van der Waals surface area contributed by atoms with Crippen LogP contribution in [0.3, 0.4) is 0 Å². The molecule has 9 heteroatoms. The molecule has 0 aliphatic rings. The average Bonchev–Trinajstić information content (AvgIpc) is 3.64. The maximum Gasteiger partial charge on any atom is 0.298 e. The number of methoxy groups -OCH3 is 2. The van der Waals surface area contributed by atoms with Gasteiger partial charge in [0, 0.05) is 13.1 Å². The molecule has 0 amide bonds. The summed E-state index contributed by atoms with van der Waals surface area (Å²) in [6.45, 7) is 2.94. The van der Waals surface area contributed by atoms with Crippen LogP contribution in [0.1, 0.15) is 22.4 Å². The van der Waals surface area contributed by atoms with Gasteiger partial charge in [0.1, 0.15) is 23.5 Å². The summed E-state index contributed by atoms with van der Waals surface area (Å²) in [5, 5.41) is 0. The standard InChI is InChI=1S/C30H32N4O5/c1-35-26-7-3-5-22(13-26)16-34(17-23-9-10-28-29(15-23)32-21-31-28)30-33-25(20-39-30)19-38-12-11-37-18-24-6-4-8-27(14-24)36-2/h3-10,13-15,20-21H,11-12,16-19H2,1-2H3,(H,31,32). The minimum absolute atomic E-state index is 0.332. The second kappa shape index (κ2) is 12.9. The third-order valence-corrected chi connectivity index (χ3v) is 6.20. The molecule has 0 saturated heterocycles. The van der Waals surface area contributed by atoms with Crippen LogP contribution in [0, 0.1) is 0 Å². The Labute approximate surface area is 227 Å². The Morgan fingerprint density at radius 3 is 2.26 bits per heavy atom. The lowest BCUT2D eigenvalue weighted by Gasteiger charge is -2.21. The summed E-state index contributed by atoms with van der Waals surface area (Å²) in [4.78, 5) is 14.3. The molecule has 0 spiro atoms. The van der Waals surface area contributed by atoms with Crippen LogP contribution in [-0.2, 0) is 35.8 Å². The molecule has 2 aromatic heterocycles. The van der Waals surface area contributed by atoms with Gasteiger partial charge < -0.3 is 33.2 Å². The largest absolute Gasteiger partial charge is 0.497 e. The molecule has 1 N–H and O–H groups in total. The molecule has 0 saturated carbocycles. The molecule has 5 aromatic rings. The van der Waals surface area contributed by atoms with Gasteiger partial charge in [0.25, 0.3) is 6.01 Å². The minimum atomic E-state index is 0.332. The van der Waals surface area contributed by atoms with E-state index in [-0.39, 0.29) is 0 Å². The van der Waals surface area contributed by atoms with Crippen molar-refractivity contribution in [3.05, 3.63) is 102 Å². The summed E-state index contributed by atoms with van der Waals surface area (Å²) in [7, 11) is 3.32. The third-order valence-electron chi connectivity index (χ3n) is 6.20. The highest BCUT2D eigenvalue weighted by Crippen LogP contribution is 2.23. The zero-order valence-electron chi connectivity index (χ0n) is 22.1. The van der Waals surface area contributed by atoms with Gasteiger partial charge in [-0.3, -0.25) is 0 Å². The number of benzene rings is 3. The van der Waals surface area contributed by atoms with Crippen molar-refractivity contribution in [2.75, 3.05) is 32.3 Å². The summed E-state index contributed by atoms with van der Waals surface area (Å²) in [6.07, 6.45) is 3.34. The fraction of sp³-hybridized carbons (Fsp3) is 0.267. The number of aromatic amines is 1.